The van der Waals surface area contributed by atoms with E-state index in [2.05, 4.69) is 26.6 Å². The minimum atomic E-state index is -0.940. The SMILES string of the molecule is CC(=O)SCc1ccc(OCCNC(=O)[C@H](CCCCNC(=O)[C@H](CCCCNC(=O)OC(C)(C)C)NC(=O)OC(C)(C)C)NC(=O)OC(C)(C)C)cc1CSC(C)=O. The van der Waals surface area contributed by atoms with Gasteiger partial charge in [0.1, 0.15) is 41.2 Å². The lowest BCUT2D eigenvalue weighted by molar-refractivity contribution is -0.124. The van der Waals surface area contributed by atoms with E-state index in [-0.39, 0.29) is 36.3 Å². The van der Waals surface area contributed by atoms with Crippen molar-refractivity contribution in [3.05, 3.63) is 29.3 Å². The third-order valence-electron chi connectivity index (χ3n) is 7.53. The molecule has 0 radical (unpaired) electrons. The number of hydrogen-bond donors (Lipinski definition) is 5. The van der Waals surface area contributed by atoms with Gasteiger partial charge in [0.2, 0.25) is 11.8 Å². The molecule has 334 valence electrons. The lowest BCUT2D eigenvalue weighted by Gasteiger charge is -2.24. The van der Waals surface area contributed by atoms with E-state index in [1.54, 1.807) is 68.4 Å². The third kappa shape index (κ3) is 27.2. The fraction of sp³-hybridized carbons (Fsp3) is 0.683. The van der Waals surface area contributed by atoms with Gasteiger partial charge in [-0.3, -0.25) is 19.2 Å². The smallest absolute Gasteiger partial charge is 0.408 e. The number of amides is 5. The van der Waals surface area contributed by atoms with E-state index >= 15 is 0 Å². The Labute approximate surface area is 358 Å². The number of carbonyl (C=O) groups excluding carboxylic acids is 7. The predicted molar refractivity (Wildman–Crippen MR) is 230 cm³/mol. The molecule has 0 saturated carbocycles. The molecular formula is C41H67N5O11S2. The van der Waals surface area contributed by atoms with Gasteiger partial charge in [0.05, 0.1) is 6.54 Å². The Morgan fingerprint density at radius 2 is 0.983 bits per heavy atom. The standard InChI is InChI=1S/C41H67N5O11S2/c1-27(47)58-25-29-18-19-31(24-30(29)26-59-28(2)48)54-23-22-43-35(50)33(46-38(53)57-41(9,10)11)16-12-14-20-42-34(49)32(45-37(52)56-40(6,7)8)17-13-15-21-44-36(51)55-39(3,4)5/h18-19,24,32-33H,12-17,20-23,25-26H2,1-11H3,(H,42,49)(H,43,50)(H,44,51)(H,45,52)(H,46,53)/t32-,33-/m0/s1. The molecule has 2 atom stereocenters. The second-order valence-corrected chi connectivity index (χ2v) is 19.0. The Hall–Kier alpha value is -4.19. The van der Waals surface area contributed by atoms with Crippen LogP contribution < -0.4 is 31.3 Å². The summed E-state index contributed by atoms with van der Waals surface area (Å²) in [6.45, 7) is 19.4. The van der Waals surface area contributed by atoms with Crippen molar-refractivity contribution in [3.8, 4) is 5.75 Å². The average Bonchev–Trinajstić information content (AvgIpc) is 3.08. The van der Waals surface area contributed by atoms with Crippen LogP contribution in [0.3, 0.4) is 0 Å². The molecule has 59 heavy (non-hydrogen) atoms. The molecular weight excluding hydrogens is 803 g/mol. The van der Waals surface area contributed by atoms with Crippen molar-refractivity contribution < 1.29 is 52.5 Å². The number of ether oxygens (including phenoxy) is 4. The Morgan fingerprint density at radius 3 is 1.44 bits per heavy atom. The maximum absolute atomic E-state index is 13.3. The molecule has 1 aromatic rings. The highest BCUT2D eigenvalue weighted by atomic mass is 32.2. The molecule has 0 aliphatic heterocycles. The van der Waals surface area contributed by atoms with Crippen molar-refractivity contribution in [3.63, 3.8) is 0 Å². The van der Waals surface area contributed by atoms with Gasteiger partial charge >= 0.3 is 18.3 Å². The van der Waals surface area contributed by atoms with Gasteiger partial charge in [-0.05, 0) is 124 Å². The highest BCUT2D eigenvalue weighted by Gasteiger charge is 2.26. The van der Waals surface area contributed by atoms with Crippen LogP contribution in [0, 0.1) is 0 Å². The van der Waals surface area contributed by atoms with Crippen LogP contribution in [0.15, 0.2) is 18.2 Å². The van der Waals surface area contributed by atoms with E-state index in [1.165, 1.54) is 25.6 Å². The van der Waals surface area contributed by atoms with E-state index in [4.69, 9.17) is 18.9 Å². The Morgan fingerprint density at radius 1 is 0.559 bits per heavy atom. The van der Waals surface area contributed by atoms with Crippen LogP contribution in [-0.4, -0.2) is 95.5 Å². The van der Waals surface area contributed by atoms with Crippen LogP contribution in [-0.2, 0) is 44.9 Å². The molecule has 0 aliphatic carbocycles. The summed E-state index contributed by atoms with van der Waals surface area (Å²) < 4.78 is 21.9. The molecule has 0 saturated heterocycles. The maximum atomic E-state index is 13.3. The number of thioether (sulfide) groups is 2. The van der Waals surface area contributed by atoms with Gasteiger partial charge in [-0.2, -0.15) is 0 Å². The largest absolute Gasteiger partial charge is 0.492 e. The fourth-order valence-electron chi connectivity index (χ4n) is 5.02. The molecule has 5 N–H and O–H groups in total. The molecule has 5 amide bonds. The zero-order valence-electron chi connectivity index (χ0n) is 36.7. The van der Waals surface area contributed by atoms with Crippen molar-refractivity contribution in [2.45, 2.75) is 155 Å². The number of carbonyl (C=O) groups is 7. The summed E-state index contributed by atoms with van der Waals surface area (Å²) in [5.74, 6) is 0.591. The van der Waals surface area contributed by atoms with Crippen LogP contribution in [0.5, 0.6) is 5.75 Å². The number of unbranched alkanes of at least 4 members (excludes halogenated alkanes) is 2. The molecule has 18 heteroatoms. The van der Waals surface area contributed by atoms with Gasteiger partial charge < -0.3 is 45.5 Å². The number of benzene rings is 1. The Balaban J connectivity index is 2.80. The molecule has 0 aromatic heterocycles. The van der Waals surface area contributed by atoms with Gasteiger partial charge in [0, 0.05) is 38.4 Å². The van der Waals surface area contributed by atoms with E-state index in [9.17, 15) is 33.6 Å². The van der Waals surface area contributed by atoms with Crippen LogP contribution in [0.25, 0.3) is 0 Å². The van der Waals surface area contributed by atoms with E-state index in [0.29, 0.717) is 55.9 Å². The highest BCUT2D eigenvalue weighted by molar-refractivity contribution is 8.13. The van der Waals surface area contributed by atoms with Gasteiger partial charge in [0.15, 0.2) is 10.2 Å². The zero-order valence-corrected chi connectivity index (χ0v) is 38.3. The number of rotatable bonds is 22. The van der Waals surface area contributed by atoms with E-state index in [0.717, 1.165) is 22.9 Å². The monoisotopic (exact) mass is 869 g/mol. The van der Waals surface area contributed by atoms with Crippen molar-refractivity contribution in [2.75, 3.05) is 26.2 Å². The van der Waals surface area contributed by atoms with Crippen LogP contribution in [0.1, 0.15) is 126 Å². The summed E-state index contributed by atoms with van der Waals surface area (Å²) in [5.41, 5.74) is -0.382. The summed E-state index contributed by atoms with van der Waals surface area (Å²) in [6.07, 6.45) is 0.461. The molecule has 0 spiro atoms. The minimum Gasteiger partial charge on any atom is -0.492 e. The normalized spacial score (nSPS) is 12.6. The summed E-state index contributed by atoms with van der Waals surface area (Å²) >= 11 is 2.34. The fourth-order valence-corrected chi connectivity index (χ4v) is 6.28. The third-order valence-corrected chi connectivity index (χ3v) is 9.25. The first kappa shape index (κ1) is 52.8. The van der Waals surface area contributed by atoms with Crippen molar-refractivity contribution in [1.29, 1.82) is 0 Å². The first-order chi connectivity index (χ1) is 27.3. The van der Waals surface area contributed by atoms with E-state index in [1.807, 2.05) is 12.1 Å². The first-order valence-corrected chi connectivity index (χ1v) is 21.8. The average molecular weight is 870 g/mol. The highest BCUT2D eigenvalue weighted by Crippen LogP contribution is 2.26. The topological polar surface area (TPSA) is 217 Å². The van der Waals surface area contributed by atoms with Gasteiger partial charge in [-0.1, -0.05) is 29.6 Å². The van der Waals surface area contributed by atoms with Crippen molar-refractivity contribution >= 4 is 63.8 Å². The lowest BCUT2D eigenvalue weighted by atomic mass is 10.1. The van der Waals surface area contributed by atoms with Gasteiger partial charge in [0.25, 0.3) is 0 Å². The predicted octanol–water partition coefficient (Wildman–Crippen LogP) is 6.51. The van der Waals surface area contributed by atoms with Crippen LogP contribution in [0.2, 0.25) is 0 Å². The van der Waals surface area contributed by atoms with Gasteiger partial charge in [-0.25, -0.2) is 14.4 Å². The molecule has 0 bridgehead atoms. The van der Waals surface area contributed by atoms with Crippen LogP contribution >= 0.6 is 23.5 Å². The summed E-state index contributed by atoms with van der Waals surface area (Å²) in [5, 5.41) is 13.6. The molecule has 0 unspecified atom stereocenters. The van der Waals surface area contributed by atoms with Crippen LogP contribution in [0.4, 0.5) is 14.4 Å². The lowest BCUT2D eigenvalue weighted by Crippen LogP contribution is -2.49. The van der Waals surface area contributed by atoms with Gasteiger partial charge in [-0.15, -0.1) is 0 Å². The molecule has 1 rings (SSSR count). The molecule has 0 heterocycles. The molecule has 0 fully saturated rings. The van der Waals surface area contributed by atoms with E-state index < -0.39 is 59.0 Å². The zero-order chi connectivity index (χ0) is 44.8. The van der Waals surface area contributed by atoms with Crippen molar-refractivity contribution in [2.24, 2.45) is 0 Å². The Kier molecular flexibility index (Phi) is 23.4. The van der Waals surface area contributed by atoms with Crippen molar-refractivity contribution in [1.82, 2.24) is 26.6 Å². The second-order valence-electron chi connectivity index (χ2n) is 16.7. The second kappa shape index (κ2) is 26.1. The molecule has 0 aliphatic rings. The summed E-state index contributed by atoms with van der Waals surface area (Å²) in [7, 11) is 0. The minimum absolute atomic E-state index is 0.00808. The number of hydrogen-bond acceptors (Lipinski definition) is 13. The summed E-state index contributed by atoms with van der Waals surface area (Å²) in [6, 6.07) is 3.62. The summed E-state index contributed by atoms with van der Waals surface area (Å²) in [4.78, 5) is 86.8. The Bertz CT molecular complexity index is 1560. The maximum Gasteiger partial charge on any atom is 0.408 e. The molecule has 16 nitrogen and oxygen atoms in total. The number of alkyl carbamates (subject to hydrolysis) is 3. The molecule has 1 aromatic carbocycles. The quantitative estimate of drug-likeness (QED) is 0.0622. The number of nitrogens with one attached hydrogen (secondary N) is 5. The first-order valence-electron chi connectivity index (χ1n) is 19.9.